The molecule has 0 aliphatic carbocycles. The smallest absolute Gasteiger partial charge is 0.251 e. The van der Waals surface area contributed by atoms with Crippen molar-refractivity contribution in [1.82, 2.24) is 4.98 Å². The van der Waals surface area contributed by atoms with E-state index in [1.807, 2.05) is 12.1 Å². The van der Waals surface area contributed by atoms with Gasteiger partial charge in [0.25, 0.3) is 5.56 Å². The number of hydrogen-bond donors (Lipinski definition) is 2. The van der Waals surface area contributed by atoms with Crippen molar-refractivity contribution in [2.24, 2.45) is 0 Å². The average molecular weight is 387 g/mol. The summed E-state index contributed by atoms with van der Waals surface area (Å²) in [7, 11) is 3.09. The quantitative estimate of drug-likeness (QED) is 0.675. The number of carbonyl (C=O) groups is 1. The number of amides is 1. The molecule has 140 valence electrons. The van der Waals surface area contributed by atoms with Gasteiger partial charge in [0.05, 0.1) is 25.4 Å². The molecule has 0 atom stereocenters. The molecule has 3 aromatic rings. The van der Waals surface area contributed by atoms with E-state index >= 15 is 0 Å². The molecule has 0 fully saturated rings. The number of methoxy groups -OCH3 is 2. The second kappa shape index (κ2) is 8.14. The number of aromatic amines is 1. The molecule has 0 spiro atoms. The van der Waals surface area contributed by atoms with E-state index in [1.165, 1.54) is 7.11 Å². The largest absolute Gasteiger partial charge is 0.497 e. The zero-order chi connectivity index (χ0) is 19.4. The lowest BCUT2D eigenvalue weighted by molar-refractivity contribution is -0.116. The average Bonchev–Trinajstić information content (AvgIpc) is 2.66. The van der Waals surface area contributed by atoms with Crippen molar-refractivity contribution < 1.29 is 14.3 Å². The second-order valence-corrected chi connectivity index (χ2v) is 6.41. The molecule has 0 aliphatic heterocycles. The van der Waals surface area contributed by atoms with Crippen LogP contribution in [-0.2, 0) is 11.2 Å². The summed E-state index contributed by atoms with van der Waals surface area (Å²) in [6, 6.07) is 12.2. The lowest BCUT2D eigenvalue weighted by atomic mass is 10.1. The maximum atomic E-state index is 12.3. The number of pyridine rings is 1. The van der Waals surface area contributed by atoms with Crippen molar-refractivity contribution in [1.29, 1.82) is 0 Å². The Bertz CT molecular complexity index is 1050. The monoisotopic (exact) mass is 386 g/mol. The summed E-state index contributed by atoms with van der Waals surface area (Å²) < 4.78 is 10.4. The Labute approximate surface area is 161 Å². The SMILES string of the molecule is COc1ccc2cc(CCC(=O)Nc3cc(Cl)ccc3OC)c(=O)[nH]c2c1. The van der Waals surface area contributed by atoms with Gasteiger partial charge < -0.3 is 19.8 Å². The van der Waals surface area contributed by atoms with Gasteiger partial charge in [-0.15, -0.1) is 0 Å². The molecule has 27 heavy (non-hydrogen) atoms. The zero-order valence-corrected chi connectivity index (χ0v) is 15.7. The Balaban J connectivity index is 1.73. The molecule has 0 bridgehead atoms. The van der Waals surface area contributed by atoms with Crippen molar-refractivity contribution >= 4 is 34.1 Å². The normalized spacial score (nSPS) is 10.6. The van der Waals surface area contributed by atoms with Crippen molar-refractivity contribution in [3.05, 3.63) is 63.4 Å². The molecule has 7 heteroatoms. The second-order valence-electron chi connectivity index (χ2n) is 5.97. The highest BCUT2D eigenvalue weighted by Gasteiger charge is 2.11. The Morgan fingerprint density at radius 3 is 2.67 bits per heavy atom. The molecule has 0 saturated heterocycles. The Kier molecular flexibility index (Phi) is 5.66. The molecule has 0 saturated carbocycles. The summed E-state index contributed by atoms with van der Waals surface area (Å²) in [4.78, 5) is 27.4. The minimum absolute atomic E-state index is 0.153. The highest BCUT2D eigenvalue weighted by molar-refractivity contribution is 6.31. The van der Waals surface area contributed by atoms with Crippen LogP contribution in [0.15, 0.2) is 47.3 Å². The summed E-state index contributed by atoms with van der Waals surface area (Å²) >= 11 is 5.97. The minimum atomic E-state index is -0.232. The van der Waals surface area contributed by atoms with E-state index in [1.54, 1.807) is 37.4 Å². The molecule has 0 aliphatic rings. The van der Waals surface area contributed by atoms with E-state index in [9.17, 15) is 9.59 Å². The molecule has 0 unspecified atom stereocenters. The summed E-state index contributed by atoms with van der Waals surface area (Å²) in [6.07, 6.45) is 0.465. The first kappa shape index (κ1) is 18.8. The van der Waals surface area contributed by atoms with E-state index in [0.717, 1.165) is 5.39 Å². The number of halogens is 1. The Morgan fingerprint density at radius 1 is 1.11 bits per heavy atom. The number of hydrogen-bond acceptors (Lipinski definition) is 4. The van der Waals surface area contributed by atoms with Crippen LogP contribution in [0.5, 0.6) is 11.5 Å². The van der Waals surface area contributed by atoms with Crippen LogP contribution in [0.2, 0.25) is 5.02 Å². The van der Waals surface area contributed by atoms with E-state index in [2.05, 4.69) is 10.3 Å². The first-order valence-corrected chi connectivity index (χ1v) is 8.71. The third-order valence-electron chi connectivity index (χ3n) is 4.19. The van der Waals surface area contributed by atoms with Gasteiger partial charge in [0.1, 0.15) is 11.5 Å². The van der Waals surface area contributed by atoms with Crippen LogP contribution in [0.25, 0.3) is 10.9 Å². The molecule has 0 radical (unpaired) electrons. The van der Waals surface area contributed by atoms with Gasteiger partial charge in [-0.05, 0) is 48.2 Å². The number of fused-ring (bicyclic) bond motifs is 1. The number of benzene rings is 2. The van der Waals surface area contributed by atoms with Gasteiger partial charge in [0.15, 0.2) is 0 Å². The van der Waals surface area contributed by atoms with Crippen LogP contribution in [0.1, 0.15) is 12.0 Å². The fraction of sp³-hybridized carbons (Fsp3) is 0.200. The summed E-state index contributed by atoms with van der Waals surface area (Å²) in [5.74, 6) is 0.954. The molecule has 1 heterocycles. The van der Waals surface area contributed by atoms with E-state index < -0.39 is 0 Å². The predicted molar refractivity (Wildman–Crippen MR) is 106 cm³/mol. The molecule has 2 aromatic carbocycles. The van der Waals surface area contributed by atoms with Gasteiger partial charge in [0, 0.05) is 23.1 Å². The summed E-state index contributed by atoms with van der Waals surface area (Å²) in [6.45, 7) is 0. The lowest BCUT2D eigenvalue weighted by Gasteiger charge is -2.10. The lowest BCUT2D eigenvalue weighted by Crippen LogP contribution is -2.17. The molecule has 1 amide bonds. The number of aromatic nitrogens is 1. The standard InChI is InChI=1S/C20H19ClN2O4/c1-26-15-6-3-12-9-13(20(25)23-16(12)11-15)4-8-19(24)22-17-10-14(21)5-7-18(17)27-2/h3,5-7,9-11H,4,8H2,1-2H3,(H,22,24)(H,23,25). The van der Waals surface area contributed by atoms with E-state index in [0.29, 0.717) is 39.7 Å². The van der Waals surface area contributed by atoms with Crippen LogP contribution in [0, 0.1) is 0 Å². The number of nitrogens with one attached hydrogen (secondary N) is 2. The molecule has 6 nitrogen and oxygen atoms in total. The maximum absolute atomic E-state index is 12.3. The minimum Gasteiger partial charge on any atom is -0.497 e. The van der Waals surface area contributed by atoms with Gasteiger partial charge in [-0.25, -0.2) is 0 Å². The van der Waals surface area contributed by atoms with Gasteiger partial charge in [0.2, 0.25) is 5.91 Å². The summed E-state index contributed by atoms with van der Waals surface area (Å²) in [5, 5.41) is 4.14. The van der Waals surface area contributed by atoms with Gasteiger partial charge >= 0.3 is 0 Å². The molecular formula is C20H19ClN2O4. The van der Waals surface area contributed by atoms with Crippen LogP contribution in [-0.4, -0.2) is 25.1 Å². The Hall–Kier alpha value is -2.99. The van der Waals surface area contributed by atoms with Crippen LogP contribution >= 0.6 is 11.6 Å². The fourth-order valence-corrected chi connectivity index (χ4v) is 2.95. The van der Waals surface area contributed by atoms with E-state index in [-0.39, 0.29) is 17.9 Å². The van der Waals surface area contributed by atoms with Crippen molar-refractivity contribution in [2.45, 2.75) is 12.8 Å². The van der Waals surface area contributed by atoms with Crippen LogP contribution in [0.4, 0.5) is 5.69 Å². The van der Waals surface area contributed by atoms with Crippen molar-refractivity contribution in [3.63, 3.8) is 0 Å². The van der Waals surface area contributed by atoms with Crippen molar-refractivity contribution in [2.75, 3.05) is 19.5 Å². The third-order valence-corrected chi connectivity index (χ3v) is 4.42. The first-order chi connectivity index (χ1) is 13.0. The van der Waals surface area contributed by atoms with Crippen LogP contribution in [0.3, 0.4) is 0 Å². The molecule has 3 rings (SSSR count). The van der Waals surface area contributed by atoms with Gasteiger partial charge in [-0.1, -0.05) is 11.6 Å². The molecular weight excluding hydrogens is 368 g/mol. The zero-order valence-electron chi connectivity index (χ0n) is 15.0. The number of carbonyl (C=O) groups excluding carboxylic acids is 1. The highest BCUT2D eigenvalue weighted by atomic mass is 35.5. The fourth-order valence-electron chi connectivity index (χ4n) is 2.78. The number of anilines is 1. The first-order valence-electron chi connectivity index (χ1n) is 8.33. The van der Waals surface area contributed by atoms with Gasteiger partial charge in [-0.2, -0.15) is 0 Å². The number of rotatable bonds is 6. The third kappa shape index (κ3) is 4.41. The van der Waals surface area contributed by atoms with Crippen LogP contribution < -0.4 is 20.3 Å². The topological polar surface area (TPSA) is 80.4 Å². The molecule has 1 aromatic heterocycles. The number of H-pyrrole nitrogens is 1. The van der Waals surface area contributed by atoms with Gasteiger partial charge in [-0.3, -0.25) is 9.59 Å². The number of ether oxygens (including phenoxy) is 2. The Morgan fingerprint density at radius 2 is 1.93 bits per heavy atom. The highest BCUT2D eigenvalue weighted by Crippen LogP contribution is 2.27. The van der Waals surface area contributed by atoms with Crippen molar-refractivity contribution in [3.8, 4) is 11.5 Å². The molecule has 2 N–H and O–H groups in total. The maximum Gasteiger partial charge on any atom is 0.251 e. The predicted octanol–water partition coefficient (Wildman–Crippen LogP) is 3.77. The number of aryl methyl sites for hydroxylation is 1. The summed E-state index contributed by atoms with van der Waals surface area (Å²) in [5.41, 5.74) is 1.51. The van der Waals surface area contributed by atoms with E-state index in [4.69, 9.17) is 21.1 Å².